The molecule has 0 aliphatic rings. The van der Waals surface area contributed by atoms with Gasteiger partial charge in [-0.1, -0.05) is 66.2 Å². The summed E-state index contributed by atoms with van der Waals surface area (Å²) < 4.78 is 5.86. The molecule has 0 saturated heterocycles. The van der Waals surface area contributed by atoms with E-state index in [0.29, 0.717) is 17.2 Å². The fraction of sp³-hybridized carbons (Fsp3) is 0.310. The number of rotatable bonds is 10. The molecule has 0 aliphatic carbocycles. The summed E-state index contributed by atoms with van der Waals surface area (Å²) in [5, 5.41) is 3.52. The van der Waals surface area contributed by atoms with Gasteiger partial charge in [0.1, 0.15) is 11.8 Å². The summed E-state index contributed by atoms with van der Waals surface area (Å²) in [4.78, 5) is 28.5. The molecule has 0 aromatic heterocycles. The van der Waals surface area contributed by atoms with E-state index in [9.17, 15) is 9.59 Å². The Morgan fingerprint density at radius 3 is 2.29 bits per heavy atom. The monoisotopic (exact) mass is 492 g/mol. The van der Waals surface area contributed by atoms with E-state index in [0.717, 1.165) is 22.3 Å². The largest absolute Gasteiger partial charge is 0.484 e. The molecule has 0 radical (unpaired) electrons. The molecule has 6 heteroatoms. The molecule has 0 saturated carbocycles. The van der Waals surface area contributed by atoms with Gasteiger partial charge in [-0.2, -0.15) is 0 Å². The van der Waals surface area contributed by atoms with Gasteiger partial charge in [0, 0.05) is 24.0 Å². The molecule has 3 aromatic carbocycles. The second-order valence-electron chi connectivity index (χ2n) is 9.02. The maximum Gasteiger partial charge on any atom is 0.261 e. The zero-order chi connectivity index (χ0) is 25.4. The van der Waals surface area contributed by atoms with Crippen LogP contribution in [-0.4, -0.2) is 35.4 Å². The van der Waals surface area contributed by atoms with Crippen molar-refractivity contribution in [3.05, 3.63) is 100 Å². The Labute approximate surface area is 213 Å². The van der Waals surface area contributed by atoms with Gasteiger partial charge in [-0.25, -0.2) is 0 Å². The zero-order valence-corrected chi connectivity index (χ0v) is 21.5. The fourth-order valence-corrected chi connectivity index (χ4v) is 3.97. The third-order valence-corrected chi connectivity index (χ3v) is 6.21. The summed E-state index contributed by atoms with van der Waals surface area (Å²) in [6, 6.07) is 22.0. The van der Waals surface area contributed by atoms with E-state index in [-0.39, 0.29) is 31.0 Å². The second-order valence-corrected chi connectivity index (χ2v) is 9.42. The highest BCUT2D eigenvalue weighted by atomic mass is 35.5. The molecule has 5 nitrogen and oxygen atoms in total. The minimum atomic E-state index is -0.730. The lowest BCUT2D eigenvalue weighted by molar-refractivity contribution is -0.143. The van der Waals surface area contributed by atoms with Crippen LogP contribution in [0.2, 0.25) is 5.02 Å². The van der Waals surface area contributed by atoms with E-state index < -0.39 is 6.04 Å². The van der Waals surface area contributed by atoms with Crippen molar-refractivity contribution in [1.82, 2.24) is 10.2 Å². The Kier molecular flexibility index (Phi) is 9.32. The predicted molar refractivity (Wildman–Crippen MR) is 141 cm³/mol. The molecule has 0 fully saturated rings. The Morgan fingerprint density at radius 2 is 1.63 bits per heavy atom. The highest BCUT2D eigenvalue weighted by Crippen LogP contribution is 2.21. The van der Waals surface area contributed by atoms with Gasteiger partial charge >= 0.3 is 0 Å². The van der Waals surface area contributed by atoms with Crippen molar-refractivity contribution < 1.29 is 14.3 Å². The molecule has 0 aliphatic heterocycles. The quantitative estimate of drug-likeness (QED) is 0.406. The van der Waals surface area contributed by atoms with Crippen LogP contribution in [0.1, 0.15) is 36.1 Å². The SMILES string of the molecule is Cc1ccc(OCC(=O)N(Cc2ccccc2Cl)C(Cc2ccccc2)C(=O)NC(C)C)cc1C. The van der Waals surface area contributed by atoms with Crippen molar-refractivity contribution in [2.75, 3.05) is 6.61 Å². The lowest BCUT2D eigenvalue weighted by atomic mass is 10.0. The normalized spacial score (nSPS) is 11.7. The Bertz CT molecular complexity index is 1150. The van der Waals surface area contributed by atoms with Crippen LogP contribution in [0.5, 0.6) is 5.75 Å². The summed E-state index contributed by atoms with van der Waals surface area (Å²) in [6.07, 6.45) is 0.374. The van der Waals surface area contributed by atoms with Crippen LogP contribution >= 0.6 is 11.6 Å². The fourth-order valence-electron chi connectivity index (χ4n) is 3.78. The van der Waals surface area contributed by atoms with Crippen molar-refractivity contribution in [3.8, 4) is 5.75 Å². The number of carbonyl (C=O) groups is 2. The molecule has 35 heavy (non-hydrogen) atoms. The van der Waals surface area contributed by atoms with Crippen LogP contribution < -0.4 is 10.1 Å². The number of hydrogen-bond acceptors (Lipinski definition) is 3. The van der Waals surface area contributed by atoms with Gasteiger partial charge in [-0.05, 0) is 68.1 Å². The number of ether oxygens (including phenoxy) is 1. The average molecular weight is 493 g/mol. The highest BCUT2D eigenvalue weighted by Gasteiger charge is 2.31. The number of amides is 2. The summed E-state index contributed by atoms with van der Waals surface area (Å²) >= 11 is 6.44. The summed E-state index contributed by atoms with van der Waals surface area (Å²) in [6.45, 7) is 7.84. The van der Waals surface area contributed by atoms with Crippen molar-refractivity contribution in [2.24, 2.45) is 0 Å². The van der Waals surface area contributed by atoms with Crippen LogP contribution in [0.4, 0.5) is 0 Å². The standard InChI is InChI=1S/C29H33ClN2O3/c1-20(2)31-29(34)27(17-23-10-6-5-7-11-23)32(18-24-12-8-9-13-26(24)30)28(33)19-35-25-15-14-21(3)22(4)16-25/h5-16,20,27H,17-19H2,1-4H3,(H,31,34). The Hall–Kier alpha value is -3.31. The minimum absolute atomic E-state index is 0.0650. The molecule has 0 bridgehead atoms. The summed E-state index contributed by atoms with van der Waals surface area (Å²) in [5.74, 6) is 0.115. The van der Waals surface area contributed by atoms with Crippen LogP contribution in [0, 0.1) is 13.8 Å². The third kappa shape index (κ3) is 7.59. The Morgan fingerprint density at radius 1 is 0.943 bits per heavy atom. The maximum atomic E-state index is 13.6. The molecule has 0 spiro atoms. The van der Waals surface area contributed by atoms with Crippen LogP contribution in [0.25, 0.3) is 0 Å². The van der Waals surface area contributed by atoms with E-state index in [1.165, 1.54) is 0 Å². The first kappa shape index (κ1) is 26.3. The molecule has 3 aromatic rings. The van der Waals surface area contributed by atoms with E-state index >= 15 is 0 Å². The smallest absolute Gasteiger partial charge is 0.261 e. The van der Waals surface area contributed by atoms with Gasteiger partial charge in [-0.3, -0.25) is 9.59 Å². The first-order valence-electron chi connectivity index (χ1n) is 11.8. The van der Waals surface area contributed by atoms with Gasteiger partial charge in [0.2, 0.25) is 5.91 Å². The molecule has 1 atom stereocenters. The number of aryl methyl sites for hydroxylation is 2. The van der Waals surface area contributed by atoms with Crippen LogP contribution in [-0.2, 0) is 22.6 Å². The second kappa shape index (κ2) is 12.4. The average Bonchev–Trinajstić information content (AvgIpc) is 2.83. The lowest BCUT2D eigenvalue weighted by Gasteiger charge is -2.32. The van der Waals surface area contributed by atoms with Crippen molar-refractivity contribution >= 4 is 23.4 Å². The molecule has 184 valence electrons. The van der Waals surface area contributed by atoms with Gasteiger partial charge < -0.3 is 15.0 Å². The summed E-state index contributed by atoms with van der Waals surface area (Å²) in [5.41, 5.74) is 3.96. The van der Waals surface area contributed by atoms with Gasteiger partial charge in [0.15, 0.2) is 6.61 Å². The topological polar surface area (TPSA) is 58.6 Å². The summed E-state index contributed by atoms with van der Waals surface area (Å²) in [7, 11) is 0. The zero-order valence-electron chi connectivity index (χ0n) is 20.8. The van der Waals surface area contributed by atoms with E-state index in [1.807, 2.05) is 94.4 Å². The molecule has 1 N–H and O–H groups in total. The maximum absolute atomic E-state index is 13.6. The lowest BCUT2D eigenvalue weighted by Crippen LogP contribution is -2.52. The third-order valence-electron chi connectivity index (χ3n) is 5.84. The van der Waals surface area contributed by atoms with E-state index in [2.05, 4.69) is 5.32 Å². The molecule has 0 heterocycles. The number of hydrogen-bond donors (Lipinski definition) is 1. The molecular formula is C29H33ClN2O3. The number of nitrogens with zero attached hydrogens (tertiary/aromatic N) is 1. The molecule has 1 unspecified atom stereocenters. The predicted octanol–water partition coefficient (Wildman–Crippen LogP) is 5.50. The number of nitrogens with one attached hydrogen (secondary N) is 1. The van der Waals surface area contributed by atoms with Crippen LogP contribution in [0.3, 0.4) is 0 Å². The minimum Gasteiger partial charge on any atom is -0.484 e. The number of carbonyl (C=O) groups excluding carboxylic acids is 2. The first-order valence-corrected chi connectivity index (χ1v) is 12.2. The number of halogens is 1. The number of benzene rings is 3. The highest BCUT2D eigenvalue weighted by molar-refractivity contribution is 6.31. The molecular weight excluding hydrogens is 460 g/mol. The van der Waals surface area contributed by atoms with E-state index in [4.69, 9.17) is 16.3 Å². The van der Waals surface area contributed by atoms with Crippen molar-refractivity contribution in [1.29, 1.82) is 0 Å². The van der Waals surface area contributed by atoms with Gasteiger partial charge in [0.25, 0.3) is 5.91 Å². The van der Waals surface area contributed by atoms with Crippen molar-refractivity contribution in [2.45, 2.75) is 52.7 Å². The van der Waals surface area contributed by atoms with Gasteiger partial charge in [-0.15, -0.1) is 0 Å². The molecule has 2 amide bonds. The van der Waals surface area contributed by atoms with Crippen molar-refractivity contribution in [3.63, 3.8) is 0 Å². The van der Waals surface area contributed by atoms with Gasteiger partial charge in [0.05, 0.1) is 0 Å². The Balaban J connectivity index is 1.92. The van der Waals surface area contributed by atoms with Crippen LogP contribution in [0.15, 0.2) is 72.8 Å². The van der Waals surface area contributed by atoms with E-state index in [1.54, 1.807) is 11.0 Å². The molecule has 3 rings (SSSR count). The first-order chi connectivity index (χ1) is 16.7.